The molecule has 0 atom stereocenters. The smallest absolute Gasteiger partial charge is 0.379 e. The molecule has 0 fully saturated rings. The molecule has 70 valence electrons. The van der Waals surface area contributed by atoms with Gasteiger partial charge in [0.1, 0.15) is 0 Å². The van der Waals surface area contributed by atoms with Crippen molar-refractivity contribution in [2.75, 3.05) is 0 Å². The lowest BCUT2D eigenvalue weighted by atomic mass is 10.1. The van der Waals surface area contributed by atoms with E-state index < -0.39 is 11.9 Å². The molecule has 3 heteroatoms. The zero-order valence-electron chi connectivity index (χ0n) is 7.61. The highest BCUT2D eigenvalue weighted by molar-refractivity contribution is 6.02. The molecular formula is C11H8O3. The minimum atomic E-state index is -0.976. The first-order valence-electron chi connectivity index (χ1n) is 3.93. The molecule has 0 saturated heterocycles. The van der Waals surface area contributed by atoms with Crippen LogP contribution in [-0.2, 0) is 9.53 Å². The molecule has 0 radical (unpaired) electrons. The number of hydrogen-bond donors (Lipinski definition) is 0. The Kier molecular flexibility index (Phi) is 3.03. The van der Waals surface area contributed by atoms with Gasteiger partial charge in [0.15, 0.2) is 0 Å². The summed E-state index contributed by atoms with van der Waals surface area (Å²) in [6.45, 7) is 1.89. The van der Waals surface area contributed by atoms with Crippen molar-refractivity contribution < 1.29 is 14.3 Å². The average Bonchev–Trinajstić information content (AvgIpc) is 2.18. The minimum Gasteiger partial charge on any atom is -0.379 e. The molecule has 0 amide bonds. The van der Waals surface area contributed by atoms with E-state index in [1.54, 1.807) is 30.2 Å². The van der Waals surface area contributed by atoms with Gasteiger partial charge in [-0.3, -0.25) is 0 Å². The fraction of sp³-hybridized carbons (Fsp3) is 0.0909. The second kappa shape index (κ2) is 4.24. The first kappa shape index (κ1) is 10.0. The Morgan fingerprint density at radius 2 is 1.86 bits per heavy atom. The number of carbonyl (C=O) groups excluding carboxylic acids is 2. The number of terminal acetylenes is 1. The Labute approximate surface area is 81.7 Å². The molecule has 1 rings (SSSR count). The summed E-state index contributed by atoms with van der Waals surface area (Å²) in [6.07, 6.45) is 4.75. The zero-order valence-corrected chi connectivity index (χ0v) is 7.61. The molecule has 0 aliphatic rings. The molecule has 0 heterocycles. The molecule has 14 heavy (non-hydrogen) atoms. The van der Waals surface area contributed by atoms with Crippen molar-refractivity contribution in [3.05, 3.63) is 35.4 Å². The Balaban J connectivity index is 2.76. The molecule has 1 aromatic carbocycles. The molecule has 0 saturated carbocycles. The monoisotopic (exact) mass is 188 g/mol. The van der Waals surface area contributed by atoms with E-state index in [1.165, 1.54) is 0 Å². The van der Waals surface area contributed by atoms with Crippen molar-refractivity contribution in [1.29, 1.82) is 0 Å². The van der Waals surface area contributed by atoms with Gasteiger partial charge in [0.25, 0.3) is 0 Å². The summed E-state index contributed by atoms with van der Waals surface area (Å²) in [6, 6.07) is 6.64. The SMILES string of the molecule is C#CC(=O)OC(=O)c1ccc(C)cc1. The van der Waals surface area contributed by atoms with E-state index >= 15 is 0 Å². The van der Waals surface area contributed by atoms with Crippen molar-refractivity contribution in [1.82, 2.24) is 0 Å². The van der Waals surface area contributed by atoms with E-state index in [2.05, 4.69) is 4.74 Å². The summed E-state index contributed by atoms with van der Waals surface area (Å²) in [5, 5.41) is 0. The maximum Gasteiger partial charge on any atom is 0.391 e. The van der Waals surface area contributed by atoms with Crippen molar-refractivity contribution in [2.45, 2.75) is 6.92 Å². The minimum absolute atomic E-state index is 0.305. The van der Waals surface area contributed by atoms with Crippen LogP contribution in [0.1, 0.15) is 15.9 Å². The molecule has 0 bridgehead atoms. The number of ether oxygens (including phenoxy) is 1. The molecule has 0 unspecified atom stereocenters. The Morgan fingerprint density at radius 1 is 1.29 bits per heavy atom. The summed E-state index contributed by atoms with van der Waals surface area (Å²) < 4.78 is 4.31. The zero-order chi connectivity index (χ0) is 10.6. The highest BCUT2D eigenvalue weighted by atomic mass is 16.6. The van der Waals surface area contributed by atoms with Crippen LogP contribution in [0.15, 0.2) is 24.3 Å². The van der Waals surface area contributed by atoms with Gasteiger partial charge in [0, 0.05) is 5.92 Å². The second-order valence-electron chi connectivity index (χ2n) is 2.69. The Hall–Kier alpha value is -2.08. The standard InChI is InChI=1S/C11H8O3/c1-3-10(12)14-11(13)9-6-4-8(2)5-7-9/h1,4-7H,2H3. The van der Waals surface area contributed by atoms with Gasteiger partial charge in [-0.05, 0) is 19.1 Å². The lowest BCUT2D eigenvalue weighted by Crippen LogP contribution is -2.10. The quantitative estimate of drug-likeness (QED) is 0.289. The number of benzene rings is 1. The molecule has 0 aliphatic heterocycles. The third kappa shape index (κ3) is 2.46. The summed E-state index contributed by atoms with van der Waals surface area (Å²) in [4.78, 5) is 21.8. The molecule has 0 aliphatic carbocycles. The van der Waals surface area contributed by atoms with Crippen LogP contribution in [0.3, 0.4) is 0 Å². The average molecular weight is 188 g/mol. The van der Waals surface area contributed by atoms with Gasteiger partial charge < -0.3 is 4.74 Å². The van der Waals surface area contributed by atoms with E-state index in [1.807, 2.05) is 6.92 Å². The number of hydrogen-bond acceptors (Lipinski definition) is 3. The van der Waals surface area contributed by atoms with Crippen LogP contribution < -0.4 is 0 Å². The summed E-state index contributed by atoms with van der Waals surface area (Å²) >= 11 is 0. The Bertz CT molecular complexity index is 396. The summed E-state index contributed by atoms with van der Waals surface area (Å²) in [5.74, 6) is -0.0101. The highest BCUT2D eigenvalue weighted by Gasteiger charge is 2.09. The molecule has 3 nitrogen and oxygen atoms in total. The van der Waals surface area contributed by atoms with Gasteiger partial charge in [-0.2, -0.15) is 0 Å². The third-order valence-corrected chi connectivity index (χ3v) is 1.59. The van der Waals surface area contributed by atoms with Gasteiger partial charge in [0.2, 0.25) is 0 Å². The predicted molar refractivity (Wildman–Crippen MR) is 50.4 cm³/mol. The lowest BCUT2D eigenvalue weighted by molar-refractivity contribution is -0.131. The van der Waals surface area contributed by atoms with E-state index in [0.717, 1.165) is 5.56 Å². The van der Waals surface area contributed by atoms with E-state index in [0.29, 0.717) is 5.56 Å². The van der Waals surface area contributed by atoms with Gasteiger partial charge >= 0.3 is 11.9 Å². The number of rotatable bonds is 1. The van der Waals surface area contributed by atoms with Crippen LogP contribution in [0, 0.1) is 19.3 Å². The van der Waals surface area contributed by atoms with Gasteiger partial charge in [-0.25, -0.2) is 9.59 Å². The predicted octanol–water partition coefficient (Wildman–Crippen LogP) is 1.31. The summed E-state index contributed by atoms with van der Waals surface area (Å²) in [5.41, 5.74) is 1.32. The fourth-order valence-electron chi connectivity index (χ4n) is 0.862. The van der Waals surface area contributed by atoms with E-state index in [4.69, 9.17) is 6.42 Å². The maximum absolute atomic E-state index is 11.2. The second-order valence-corrected chi connectivity index (χ2v) is 2.69. The van der Waals surface area contributed by atoms with Crippen LogP contribution in [-0.4, -0.2) is 11.9 Å². The first-order chi connectivity index (χ1) is 6.63. The van der Waals surface area contributed by atoms with Crippen molar-refractivity contribution in [2.24, 2.45) is 0 Å². The molecule has 0 spiro atoms. The highest BCUT2D eigenvalue weighted by Crippen LogP contribution is 2.04. The fourth-order valence-corrected chi connectivity index (χ4v) is 0.862. The van der Waals surface area contributed by atoms with Crippen molar-refractivity contribution in [3.63, 3.8) is 0 Å². The van der Waals surface area contributed by atoms with Crippen LogP contribution in [0.4, 0.5) is 0 Å². The van der Waals surface area contributed by atoms with Crippen LogP contribution in [0.5, 0.6) is 0 Å². The normalized spacial score (nSPS) is 8.86. The van der Waals surface area contributed by atoms with E-state index in [-0.39, 0.29) is 0 Å². The maximum atomic E-state index is 11.2. The van der Waals surface area contributed by atoms with E-state index in [9.17, 15) is 9.59 Å². The van der Waals surface area contributed by atoms with Crippen molar-refractivity contribution >= 4 is 11.9 Å². The first-order valence-corrected chi connectivity index (χ1v) is 3.93. The van der Waals surface area contributed by atoms with Crippen LogP contribution in [0.25, 0.3) is 0 Å². The van der Waals surface area contributed by atoms with Crippen LogP contribution >= 0.6 is 0 Å². The van der Waals surface area contributed by atoms with Crippen LogP contribution in [0.2, 0.25) is 0 Å². The van der Waals surface area contributed by atoms with Crippen molar-refractivity contribution in [3.8, 4) is 12.3 Å². The molecule has 1 aromatic rings. The molecule has 0 N–H and O–H groups in total. The summed E-state index contributed by atoms with van der Waals surface area (Å²) in [7, 11) is 0. The third-order valence-electron chi connectivity index (χ3n) is 1.59. The Morgan fingerprint density at radius 3 is 2.36 bits per heavy atom. The molecular weight excluding hydrogens is 180 g/mol. The molecule has 0 aromatic heterocycles. The van der Waals surface area contributed by atoms with Gasteiger partial charge in [0.05, 0.1) is 5.56 Å². The topological polar surface area (TPSA) is 43.4 Å². The largest absolute Gasteiger partial charge is 0.391 e. The lowest BCUT2D eigenvalue weighted by Gasteiger charge is -1.99. The number of aryl methyl sites for hydroxylation is 1. The number of esters is 2. The van der Waals surface area contributed by atoms with Gasteiger partial charge in [-0.15, -0.1) is 6.42 Å². The number of carbonyl (C=O) groups is 2. The van der Waals surface area contributed by atoms with Gasteiger partial charge in [-0.1, -0.05) is 17.7 Å².